The number of hydrogen-bond acceptors (Lipinski definition) is 3. The van der Waals surface area contributed by atoms with Gasteiger partial charge in [-0.25, -0.2) is 0 Å². The number of rotatable bonds is 3. The Bertz CT molecular complexity index is 399. The summed E-state index contributed by atoms with van der Waals surface area (Å²) < 4.78 is 0. The third-order valence-corrected chi connectivity index (χ3v) is 2.38. The van der Waals surface area contributed by atoms with Crippen LogP contribution in [0, 0.1) is 0 Å². The highest BCUT2D eigenvalue weighted by Gasteiger charge is 2.16. The van der Waals surface area contributed by atoms with Crippen LogP contribution < -0.4 is 11.1 Å². The highest BCUT2D eigenvalue weighted by Crippen LogP contribution is 2.22. The number of carbonyl (C=O) groups is 1. The number of nitrogens with two attached hydrogens (primary N) is 1. The van der Waals surface area contributed by atoms with Crippen LogP contribution in [0.5, 0.6) is 0 Å². The molecule has 0 spiro atoms. The fourth-order valence-corrected chi connectivity index (χ4v) is 1.33. The quantitative estimate of drug-likeness (QED) is 0.702. The Hall–Kier alpha value is -1.26. The first-order valence-electron chi connectivity index (χ1n) is 4.86. The summed E-state index contributed by atoms with van der Waals surface area (Å²) in [7, 11) is 0. The van der Waals surface area contributed by atoms with Crippen LogP contribution in [-0.4, -0.2) is 23.2 Å². The second-order valence-electron chi connectivity index (χ2n) is 4.20. The molecule has 0 aliphatic rings. The Morgan fingerprint density at radius 3 is 2.75 bits per heavy atom. The number of aliphatic hydroxyl groups is 1. The van der Waals surface area contributed by atoms with Crippen molar-refractivity contribution in [2.45, 2.75) is 19.4 Å². The van der Waals surface area contributed by atoms with Crippen molar-refractivity contribution < 1.29 is 9.90 Å². The molecule has 0 unspecified atom stereocenters. The number of benzene rings is 1. The third kappa shape index (κ3) is 3.40. The maximum atomic E-state index is 11.7. The third-order valence-electron chi connectivity index (χ3n) is 1.95. The van der Waals surface area contributed by atoms with Gasteiger partial charge in [0.2, 0.25) is 0 Å². The van der Waals surface area contributed by atoms with Crippen LogP contribution in [0.4, 0.5) is 5.69 Å². The molecule has 0 atom stereocenters. The molecule has 0 aliphatic carbocycles. The van der Waals surface area contributed by atoms with E-state index in [0.717, 1.165) is 0 Å². The first-order valence-corrected chi connectivity index (χ1v) is 5.23. The van der Waals surface area contributed by atoms with E-state index in [2.05, 4.69) is 5.32 Å². The second-order valence-corrected chi connectivity index (χ2v) is 4.58. The topological polar surface area (TPSA) is 75.3 Å². The normalized spacial score (nSPS) is 11.2. The molecule has 0 aromatic heterocycles. The van der Waals surface area contributed by atoms with Gasteiger partial charge in [-0.15, -0.1) is 0 Å². The lowest BCUT2D eigenvalue weighted by Gasteiger charge is -2.18. The van der Waals surface area contributed by atoms with E-state index in [1.807, 2.05) is 0 Å². The molecule has 5 heteroatoms. The van der Waals surface area contributed by atoms with Gasteiger partial charge in [0.15, 0.2) is 0 Å². The minimum Gasteiger partial charge on any atom is -0.398 e. The standard InChI is InChI=1S/C11H15ClN2O2/c1-11(2,16)6-14-10(15)7-4-3-5-8(13)9(7)12/h3-5,16H,6,13H2,1-2H3,(H,14,15). The monoisotopic (exact) mass is 242 g/mol. The summed E-state index contributed by atoms with van der Waals surface area (Å²) in [4.78, 5) is 11.7. The number of amides is 1. The van der Waals surface area contributed by atoms with Crippen LogP contribution in [0.15, 0.2) is 18.2 Å². The Labute approximate surface area is 99.4 Å². The molecule has 1 amide bonds. The minimum absolute atomic E-state index is 0.150. The average Bonchev–Trinajstić information content (AvgIpc) is 2.17. The fourth-order valence-electron chi connectivity index (χ4n) is 1.12. The zero-order valence-electron chi connectivity index (χ0n) is 9.25. The summed E-state index contributed by atoms with van der Waals surface area (Å²) in [5, 5.41) is 12.3. The highest BCUT2D eigenvalue weighted by atomic mass is 35.5. The summed E-state index contributed by atoms with van der Waals surface area (Å²) in [5.41, 5.74) is 5.29. The summed E-state index contributed by atoms with van der Waals surface area (Å²) in [6.45, 7) is 3.36. The van der Waals surface area contributed by atoms with E-state index in [4.69, 9.17) is 17.3 Å². The van der Waals surface area contributed by atoms with E-state index < -0.39 is 5.60 Å². The molecule has 0 heterocycles. The van der Waals surface area contributed by atoms with Gasteiger partial charge in [-0.05, 0) is 26.0 Å². The molecule has 0 radical (unpaired) electrons. The zero-order valence-corrected chi connectivity index (χ0v) is 10.0. The van der Waals surface area contributed by atoms with Gasteiger partial charge in [0.1, 0.15) is 0 Å². The first-order chi connectivity index (χ1) is 7.31. The summed E-state index contributed by atoms with van der Waals surface area (Å²) in [6.07, 6.45) is 0. The number of nitrogen functional groups attached to an aromatic ring is 1. The summed E-state index contributed by atoms with van der Waals surface area (Å²) >= 11 is 5.89. The van der Waals surface area contributed by atoms with Gasteiger partial charge in [-0.2, -0.15) is 0 Å². The number of carbonyl (C=O) groups excluding carboxylic acids is 1. The molecule has 0 bridgehead atoms. The van der Waals surface area contributed by atoms with Gasteiger partial charge >= 0.3 is 0 Å². The van der Waals surface area contributed by atoms with E-state index in [9.17, 15) is 9.90 Å². The van der Waals surface area contributed by atoms with Crippen LogP contribution in [0.2, 0.25) is 5.02 Å². The molecule has 4 nitrogen and oxygen atoms in total. The maximum Gasteiger partial charge on any atom is 0.252 e. The predicted octanol–water partition coefficient (Wildman–Crippen LogP) is 1.42. The van der Waals surface area contributed by atoms with Crippen LogP contribution in [0.1, 0.15) is 24.2 Å². The molecule has 1 aromatic carbocycles. The highest BCUT2D eigenvalue weighted by molar-refractivity contribution is 6.36. The molecule has 0 saturated heterocycles. The van der Waals surface area contributed by atoms with Crippen molar-refractivity contribution in [2.24, 2.45) is 0 Å². The predicted molar refractivity (Wildman–Crippen MR) is 64.5 cm³/mol. The van der Waals surface area contributed by atoms with Gasteiger partial charge in [0.05, 0.1) is 21.9 Å². The number of anilines is 1. The van der Waals surface area contributed by atoms with E-state index in [0.29, 0.717) is 11.3 Å². The van der Waals surface area contributed by atoms with Crippen molar-refractivity contribution in [1.29, 1.82) is 0 Å². The van der Waals surface area contributed by atoms with Crippen molar-refractivity contribution in [1.82, 2.24) is 5.32 Å². The summed E-state index contributed by atoms with van der Waals surface area (Å²) in [5.74, 6) is -0.348. The minimum atomic E-state index is -0.956. The van der Waals surface area contributed by atoms with E-state index in [-0.39, 0.29) is 17.5 Å². The Balaban J connectivity index is 2.78. The Morgan fingerprint density at radius 2 is 2.19 bits per heavy atom. The molecular formula is C11H15ClN2O2. The van der Waals surface area contributed by atoms with Crippen LogP contribution in [-0.2, 0) is 0 Å². The largest absolute Gasteiger partial charge is 0.398 e. The molecular weight excluding hydrogens is 228 g/mol. The van der Waals surface area contributed by atoms with E-state index in [1.165, 1.54) is 0 Å². The van der Waals surface area contributed by atoms with Gasteiger partial charge in [-0.1, -0.05) is 17.7 Å². The lowest BCUT2D eigenvalue weighted by molar-refractivity contribution is 0.0694. The SMILES string of the molecule is CC(C)(O)CNC(=O)c1cccc(N)c1Cl. The maximum absolute atomic E-state index is 11.7. The van der Waals surface area contributed by atoms with Crippen molar-refractivity contribution in [2.75, 3.05) is 12.3 Å². The number of halogens is 1. The molecule has 0 aliphatic heterocycles. The summed E-state index contributed by atoms with van der Waals surface area (Å²) in [6, 6.07) is 4.85. The lowest BCUT2D eigenvalue weighted by Crippen LogP contribution is -2.38. The van der Waals surface area contributed by atoms with Crippen LogP contribution >= 0.6 is 11.6 Å². The van der Waals surface area contributed by atoms with E-state index >= 15 is 0 Å². The Morgan fingerprint density at radius 1 is 1.56 bits per heavy atom. The molecule has 1 rings (SSSR count). The first kappa shape index (κ1) is 12.8. The van der Waals surface area contributed by atoms with Crippen molar-refractivity contribution in [3.05, 3.63) is 28.8 Å². The van der Waals surface area contributed by atoms with Gasteiger partial charge < -0.3 is 16.2 Å². The van der Waals surface area contributed by atoms with Crippen molar-refractivity contribution in [3.63, 3.8) is 0 Å². The van der Waals surface area contributed by atoms with Crippen LogP contribution in [0.3, 0.4) is 0 Å². The fraction of sp³-hybridized carbons (Fsp3) is 0.364. The molecule has 0 saturated carbocycles. The van der Waals surface area contributed by atoms with Gasteiger partial charge in [0, 0.05) is 6.54 Å². The lowest BCUT2D eigenvalue weighted by atomic mass is 10.1. The molecule has 1 aromatic rings. The number of hydrogen-bond donors (Lipinski definition) is 3. The van der Waals surface area contributed by atoms with Gasteiger partial charge in [0.25, 0.3) is 5.91 Å². The molecule has 88 valence electrons. The molecule has 4 N–H and O–H groups in total. The smallest absolute Gasteiger partial charge is 0.252 e. The average molecular weight is 243 g/mol. The second kappa shape index (κ2) is 4.72. The van der Waals surface area contributed by atoms with Crippen LogP contribution in [0.25, 0.3) is 0 Å². The zero-order chi connectivity index (χ0) is 12.3. The van der Waals surface area contributed by atoms with Crippen molar-refractivity contribution in [3.8, 4) is 0 Å². The van der Waals surface area contributed by atoms with Crippen molar-refractivity contribution >= 4 is 23.2 Å². The molecule has 0 fully saturated rings. The number of nitrogens with one attached hydrogen (secondary N) is 1. The van der Waals surface area contributed by atoms with Gasteiger partial charge in [-0.3, -0.25) is 4.79 Å². The Kier molecular flexibility index (Phi) is 3.78. The van der Waals surface area contributed by atoms with E-state index in [1.54, 1.807) is 32.0 Å². The molecule has 16 heavy (non-hydrogen) atoms.